The summed E-state index contributed by atoms with van der Waals surface area (Å²) in [5.74, 6) is -0.340. The molecule has 2 aromatic rings. The minimum atomic E-state index is -0.588. The maximum Gasteiger partial charge on any atom is 0.407 e. The van der Waals surface area contributed by atoms with E-state index in [9.17, 15) is 14.4 Å². The average molecular weight is 388 g/mol. The van der Waals surface area contributed by atoms with Gasteiger partial charge in [-0.1, -0.05) is 36.4 Å². The van der Waals surface area contributed by atoms with Gasteiger partial charge in [-0.25, -0.2) is 4.79 Å². The summed E-state index contributed by atoms with van der Waals surface area (Å²) in [5, 5.41) is 4.12. The Bertz CT molecular complexity index is 819. The van der Waals surface area contributed by atoms with Crippen molar-refractivity contribution in [1.29, 1.82) is 0 Å². The van der Waals surface area contributed by atoms with Crippen LogP contribution in [0.4, 0.5) is 9.59 Å². The molecule has 0 radical (unpaired) electrons. The van der Waals surface area contributed by atoms with Crippen LogP contribution in [0.1, 0.15) is 10.4 Å². The number of carbonyl (C=O) groups excluding carboxylic acids is 3. The highest BCUT2D eigenvalue weighted by molar-refractivity contribution is 8.18. The van der Waals surface area contributed by atoms with Crippen LogP contribution in [0, 0.1) is 0 Å². The van der Waals surface area contributed by atoms with Crippen molar-refractivity contribution >= 4 is 46.4 Å². The molecule has 0 aliphatic carbocycles. The molecule has 1 N–H and O–H groups in total. The Morgan fingerprint density at radius 2 is 1.96 bits per heavy atom. The Morgan fingerprint density at radius 1 is 1.15 bits per heavy atom. The lowest BCUT2D eigenvalue weighted by Gasteiger charge is -2.13. The van der Waals surface area contributed by atoms with Gasteiger partial charge in [0.15, 0.2) is 0 Å². The standard InChI is InChI=1S/C18H16N2O4S2/c21-16-15(11-14-7-4-10-25-14)26-18(23)20(16)9-8-19-17(22)24-12-13-5-2-1-3-6-13/h1-7,10-11H,8-9,12H2,(H,19,22)/b15-11-. The lowest BCUT2D eigenvalue weighted by Crippen LogP contribution is -2.37. The maximum atomic E-state index is 12.3. The second kappa shape index (κ2) is 8.68. The number of hydrogen-bond acceptors (Lipinski definition) is 6. The van der Waals surface area contributed by atoms with Gasteiger partial charge in [0.25, 0.3) is 11.1 Å². The number of imide groups is 1. The van der Waals surface area contributed by atoms with Crippen molar-refractivity contribution in [2.24, 2.45) is 0 Å². The fraction of sp³-hybridized carbons (Fsp3) is 0.167. The smallest absolute Gasteiger partial charge is 0.407 e. The first-order chi connectivity index (χ1) is 12.6. The van der Waals surface area contributed by atoms with E-state index in [1.54, 1.807) is 6.08 Å². The molecule has 1 fully saturated rings. The third-order valence-electron chi connectivity index (χ3n) is 3.51. The molecule has 1 aromatic heterocycles. The van der Waals surface area contributed by atoms with Crippen molar-refractivity contribution in [2.75, 3.05) is 13.1 Å². The zero-order valence-corrected chi connectivity index (χ0v) is 15.3. The molecule has 6 nitrogen and oxygen atoms in total. The van der Waals surface area contributed by atoms with Crippen LogP contribution >= 0.6 is 23.1 Å². The van der Waals surface area contributed by atoms with E-state index in [-0.39, 0.29) is 30.8 Å². The van der Waals surface area contributed by atoms with Crippen molar-refractivity contribution in [2.45, 2.75) is 6.61 Å². The molecule has 2 heterocycles. The van der Waals surface area contributed by atoms with Crippen LogP contribution in [-0.4, -0.2) is 35.2 Å². The molecule has 134 valence electrons. The molecule has 3 rings (SSSR count). The first kappa shape index (κ1) is 18.2. The molecular weight excluding hydrogens is 372 g/mol. The number of hydrogen-bond donors (Lipinski definition) is 1. The third-order valence-corrected chi connectivity index (χ3v) is 5.23. The van der Waals surface area contributed by atoms with Crippen LogP contribution in [0.2, 0.25) is 0 Å². The van der Waals surface area contributed by atoms with Crippen LogP contribution in [0.25, 0.3) is 6.08 Å². The van der Waals surface area contributed by atoms with Gasteiger partial charge in [0.2, 0.25) is 0 Å². The number of nitrogens with zero attached hydrogens (tertiary/aromatic N) is 1. The Hall–Kier alpha value is -2.58. The van der Waals surface area contributed by atoms with Crippen molar-refractivity contribution in [3.05, 3.63) is 63.2 Å². The fourth-order valence-corrected chi connectivity index (χ4v) is 3.83. The zero-order valence-electron chi connectivity index (χ0n) is 13.7. The average Bonchev–Trinajstić information content (AvgIpc) is 3.24. The molecule has 1 saturated heterocycles. The Morgan fingerprint density at radius 3 is 2.69 bits per heavy atom. The zero-order chi connectivity index (χ0) is 18.4. The van der Waals surface area contributed by atoms with E-state index in [1.165, 1.54) is 11.3 Å². The highest BCUT2D eigenvalue weighted by atomic mass is 32.2. The van der Waals surface area contributed by atoms with Crippen molar-refractivity contribution in [3.63, 3.8) is 0 Å². The summed E-state index contributed by atoms with van der Waals surface area (Å²) in [6.45, 7) is 0.405. The number of benzene rings is 1. The van der Waals surface area contributed by atoms with Crippen molar-refractivity contribution in [1.82, 2.24) is 10.2 Å². The first-order valence-electron chi connectivity index (χ1n) is 7.87. The van der Waals surface area contributed by atoms with Crippen LogP contribution in [-0.2, 0) is 16.1 Å². The van der Waals surface area contributed by atoms with Gasteiger partial charge in [0.1, 0.15) is 6.61 Å². The quantitative estimate of drug-likeness (QED) is 0.764. The summed E-state index contributed by atoms with van der Waals surface area (Å²) in [5.41, 5.74) is 0.882. The number of thioether (sulfide) groups is 1. The van der Waals surface area contributed by atoms with Gasteiger partial charge in [-0.3, -0.25) is 14.5 Å². The minimum absolute atomic E-state index is 0.104. The van der Waals surface area contributed by atoms with Crippen LogP contribution in [0.15, 0.2) is 52.7 Å². The van der Waals surface area contributed by atoms with E-state index in [4.69, 9.17) is 4.74 Å². The second-order valence-corrected chi connectivity index (χ2v) is 7.31. The predicted molar refractivity (Wildman–Crippen MR) is 102 cm³/mol. The second-order valence-electron chi connectivity index (χ2n) is 5.34. The van der Waals surface area contributed by atoms with E-state index in [2.05, 4.69) is 5.32 Å². The predicted octanol–water partition coefficient (Wildman–Crippen LogP) is 3.71. The molecule has 8 heteroatoms. The molecule has 0 saturated carbocycles. The third kappa shape index (κ3) is 4.74. The normalized spacial score (nSPS) is 15.5. The summed E-state index contributed by atoms with van der Waals surface area (Å²) in [7, 11) is 0. The number of ether oxygens (including phenoxy) is 1. The number of rotatable bonds is 6. The van der Waals surface area contributed by atoms with E-state index in [0.29, 0.717) is 4.91 Å². The van der Waals surface area contributed by atoms with Gasteiger partial charge in [0, 0.05) is 18.0 Å². The molecule has 1 aliphatic heterocycles. The van der Waals surface area contributed by atoms with Crippen LogP contribution in [0.3, 0.4) is 0 Å². The molecule has 0 atom stereocenters. The lowest BCUT2D eigenvalue weighted by molar-refractivity contribution is -0.122. The molecule has 1 aromatic carbocycles. The van der Waals surface area contributed by atoms with Crippen LogP contribution < -0.4 is 5.32 Å². The summed E-state index contributed by atoms with van der Waals surface area (Å²) in [6, 6.07) is 13.1. The highest BCUT2D eigenvalue weighted by Crippen LogP contribution is 2.32. The topological polar surface area (TPSA) is 75.7 Å². The Labute approximate surface area is 158 Å². The minimum Gasteiger partial charge on any atom is -0.445 e. The van der Waals surface area contributed by atoms with E-state index in [0.717, 1.165) is 27.1 Å². The van der Waals surface area contributed by atoms with Gasteiger partial charge >= 0.3 is 6.09 Å². The number of carbonyl (C=O) groups is 3. The molecule has 0 unspecified atom stereocenters. The van der Waals surface area contributed by atoms with Gasteiger partial charge in [-0.15, -0.1) is 11.3 Å². The van der Waals surface area contributed by atoms with E-state index < -0.39 is 6.09 Å². The molecule has 3 amide bonds. The molecule has 0 spiro atoms. The summed E-state index contributed by atoms with van der Waals surface area (Å²) < 4.78 is 5.08. The molecule has 26 heavy (non-hydrogen) atoms. The van der Waals surface area contributed by atoms with E-state index >= 15 is 0 Å². The van der Waals surface area contributed by atoms with Crippen molar-refractivity contribution in [3.8, 4) is 0 Å². The largest absolute Gasteiger partial charge is 0.445 e. The number of thiophene rings is 1. The highest BCUT2D eigenvalue weighted by Gasteiger charge is 2.34. The molecule has 1 aliphatic rings. The van der Waals surface area contributed by atoms with Gasteiger partial charge < -0.3 is 10.1 Å². The first-order valence-corrected chi connectivity index (χ1v) is 9.56. The molecular formula is C18H16N2O4S2. The SMILES string of the molecule is O=C(NCCN1C(=O)S/C(=C\c2cccs2)C1=O)OCc1ccccc1. The molecule has 0 bridgehead atoms. The Balaban J connectivity index is 1.45. The summed E-state index contributed by atoms with van der Waals surface area (Å²) >= 11 is 2.40. The van der Waals surface area contributed by atoms with Gasteiger partial charge in [0.05, 0.1) is 4.91 Å². The van der Waals surface area contributed by atoms with E-state index in [1.807, 2.05) is 47.8 Å². The van der Waals surface area contributed by atoms with Crippen molar-refractivity contribution < 1.29 is 19.1 Å². The fourth-order valence-electron chi connectivity index (χ4n) is 2.24. The number of nitrogens with one attached hydrogen (secondary N) is 1. The van der Waals surface area contributed by atoms with Gasteiger partial charge in [-0.05, 0) is 34.8 Å². The lowest BCUT2D eigenvalue weighted by atomic mass is 10.2. The summed E-state index contributed by atoms with van der Waals surface area (Å²) in [4.78, 5) is 38.4. The summed E-state index contributed by atoms with van der Waals surface area (Å²) in [6.07, 6.45) is 1.12. The number of amides is 3. The maximum absolute atomic E-state index is 12.3. The monoisotopic (exact) mass is 388 g/mol. The Kier molecular flexibility index (Phi) is 6.08. The van der Waals surface area contributed by atoms with Gasteiger partial charge in [-0.2, -0.15) is 0 Å². The number of alkyl carbamates (subject to hydrolysis) is 1. The van der Waals surface area contributed by atoms with Crippen LogP contribution in [0.5, 0.6) is 0 Å².